The van der Waals surface area contributed by atoms with Crippen LogP contribution in [0.4, 0.5) is 0 Å². The van der Waals surface area contributed by atoms with Crippen molar-refractivity contribution in [2.45, 2.75) is 57.9 Å². The average Bonchev–Trinajstić information content (AvgIpc) is 1.97. The normalized spacial score (nSPS) is 16.1. The maximum absolute atomic E-state index is 10.7. The van der Waals surface area contributed by atoms with E-state index in [1.807, 2.05) is 18.7 Å². The van der Waals surface area contributed by atoms with Crippen LogP contribution in [0.5, 0.6) is 0 Å². The molecule has 0 saturated heterocycles. The van der Waals surface area contributed by atoms with E-state index in [4.69, 9.17) is 5.73 Å². The van der Waals surface area contributed by atoms with Gasteiger partial charge in [-0.05, 0) is 13.8 Å². The quantitative estimate of drug-likeness (QED) is 0.733. The number of carbonyl (C=O) groups is 1. The summed E-state index contributed by atoms with van der Waals surface area (Å²) in [7, 11) is 0. The van der Waals surface area contributed by atoms with Crippen LogP contribution < -0.4 is 11.1 Å². The lowest BCUT2D eigenvalue weighted by molar-refractivity contribution is -0.118. The highest BCUT2D eigenvalue weighted by Gasteiger charge is 2.14. The second-order valence-corrected chi connectivity index (χ2v) is 6.91. The highest BCUT2D eigenvalue weighted by Crippen LogP contribution is 2.23. The molecule has 2 unspecified atom stereocenters. The minimum absolute atomic E-state index is 0.165. The molecular formula is C11H24N2OS. The van der Waals surface area contributed by atoms with Crippen LogP contribution in [0.1, 0.15) is 41.0 Å². The minimum atomic E-state index is -0.245. The van der Waals surface area contributed by atoms with E-state index in [0.717, 1.165) is 5.75 Å². The predicted octanol–water partition coefficient (Wildman–Crippen LogP) is 1.76. The number of rotatable bonds is 6. The highest BCUT2D eigenvalue weighted by atomic mass is 32.2. The smallest absolute Gasteiger partial charge is 0.218 e. The van der Waals surface area contributed by atoms with Gasteiger partial charge in [0, 0.05) is 29.0 Å². The molecule has 0 spiro atoms. The molecule has 0 aromatic carbocycles. The number of amides is 1. The number of thioether (sulfide) groups is 1. The molecule has 0 radical (unpaired) electrons. The molecule has 0 aromatic rings. The Hall–Kier alpha value is -0.220. The van der Waals surface area contributed by atoms with Gasteiger partial charge in [0.05, 0.1) is 0 Å². The van der Waals surface area contributed by atoms with Crippen molar-refractivity contribution in [3.63, 3.8) is 0 Å². The molecular weight excluding hydrogens is 208 g/mol. The summed E-state index contributed by atoms with van der Waals surface area (Å²) in [6, 6.07) is 0.571. The largest absolute Gasteiger partial charge is 0.370 e. The predicted molar refractivity (Wildman–Crippen MR) is 68.1 cm³/mol. The van der Waals surface area contributed by atoms with E-state index in [9.17, 15) is 4.79 Å². The first-order chi connectivity index (χ1) is 6.70. The van der Waals surface area contributed by atoms with Crippen LogP contribution >= 0.6 is 11.8 Å². The van der Waals surface area contributed by atoms with Crippen LogP contribution in [-0.4, -0.2) is 28.5 Å². The molecule has 1 amide bonds. The Morgan fingerprint density at radius 2 is 1.87 bits per heavy atom. The lowest BCUT2D eigenvalue weighted by Crippen LogP contribution is -2.39. The van der Waals surface area contributed by atoms with Crippen LogP contribution in [0.25, 0.3) is 0 Å². The highest BCUT2D eigenvalue weighted by molar-refractivity contribution is 8.00. The molecule has 0 fully saturated rings. The monoisotopic (exact) mass is 232 g/mol. The molecule has 15 heavy (non-hydrogen) atoms. The first kappa shape index (κ1) is 14.8. The average molecular weight is 232 g/mol. The summed E-state index contributed by atoms with van der Waals surface area (Å²) in [6.07, 6.45) is 0.407. The van der Waals surface area contributed by atoms with E-state index >= 15 is 0 Å². The Bertz CT molecular complexity index is 201. The van der Waals surface area contributed by atoms with Crippen LogP contribution in [0, 0.1) is 0 Å². The van der Waals surface area contributed by atoms with Gasteiger partial charge in [-0.2, -0.15) is 11.8 Å². The van der Waals surface area contributed by atoms with Gasteiger partial charge in [-0.15, -0.1) is 0 Å². The van der Waals surface area contributed by atoms with E-state index in [0.29, 0.717) is 17.2 Å². The SMILES string of the molecule is CC(CSC(C)(C)C)NC(C)CC(N)=O. The summed E-state index contributed by atoms with van der Waals surface area (Å²) in [5, 5.41) is 3.36. The Morgan fingerprint density at radius 1 is 1.33 bits per heavy atom. The zero-order valence-electron chi connectivity index (χ0n) is 10.5. The van der Waals surface area contributed by atoms with Gasteiger partial charge in [-0.1, -0.05) is 20.8 Å². The van der Waals surface area contributed by atoms with Crippen molar-refractivity contribution in [1.29, 1.82) is 0 Å². The van der Waals surface area contributed by atoms with Crippen LogP contribution in [-0.2, 0) is 4.79 Å². The van der Waals surface area contributed by atoms with E-state index in [1.54, 1.807) is 0 Å². The summed E-state index contributed by atoms with van der Waals surface area (Å²) in [5.74, 6) is 0.803. The fraction of sp³-hybridized carbons (Fsp3) is 0.909. The number of hydrogen-bond donors (Lipinski definition) is 2. The molecule has 0 aromatic heterocycles. The van der Waals surface area contributed by atoms with Crippen molar-refractivity contribution < 1.29 is 4.79 Å². The van der Waals surface area contributed by atoms with Crippen molar-refractivity contribution in [3.8, 4) is 0 Å². The maximum atomic E-state index is 10.7. The van der Waals surface area contributed by atoms with Crippen LogP contribution in [0.2, 0.25) is 0 Å². The van der Waals surface area contributed by atoms with Gasteiger partial charge in [0.15, 0.2) is 0 Å². The number of nitrogens with one attached hydrogen (secondary N) is 1. The van der Waals surface area contributed by atoms with E-state index in [1.165, 1.54) is 0 Å². The Balaban J connectivity index is 3.73. The number of nitrogens with two attached hydrogens (primary N) is 1. The standard InChI is InChI=1S/C11H24N2OS/c1-8(6-10(12)14)13-9(2)7-15-11(3,4)5/h8-9,13H,6-7H2,1-5H3,(H2,12,14). The number of primary amides is 1. The van der Waals surface area contributed by atoms with Crippen LogP contribution in [0.15, 0.2) is 0 Å². The summed E-state index contributed by atoms with van der Waals surface area (Å²) >= 11 is 1.92. The molecule has 3 nitrogen and oxygen atoms in total. The molecule has 2 atom stereocenters. The molecule has 0 aliphatic carbocycles. The number of carbonyl (C=O) groups excluding carboxylic acids is 1. The zero-order chi connectivity index (χ0) is 12.1. The topological polar surface area (TPSA) is 55.1 Å². The third kappa shape index (κ3) is 10.1. The Labute approximate surface area is 97.6 Å². The molecule has 0 bridgehead atoms. The molecule has 0 aliphatic rings. The first-order valence-electron chi connectivity index (χ1n) is 5.39. The molecule has 0 aliphatic heterocycles. The summed E-state index contributed by atoms with van der Waals surface area (Å²) in [4.78, 5) is 10.7. The van der Waals surface area contributed by atoms with Crippen molar-refractivity contribution in [1.82, 2.24) is 5.32 Å². The van der Waals surface area contributed by atoms with E-state index < -0.39 is 0 Å². The molecule has 90 valence electrons. The maximum Gasteiger partial charge on any atom is 0.218 e. The second kappa shape index (κ2) is 6.38. The Morgan fingerprint density at radius 3 is 2.27 bits per heavy atom. The lowest BCUT2D eigenvalue weighted by Gasteiger charge is -2.23. The fourth-order valence-corrected chi connectivity index (χ4v) is 2.12. The van der Waals surface area contributed by atoms with Crippen molar-refractivity contribution in [2.75, 3.05) is 5.75 Å². The van der Waals surface area contributed by atoms with E-state index in [2.05, 4.69) is 33.0 Å². The molecule has 3 N–H and O–H groups in total. The van der Waals surface area contributed by atoms with Gasteiger partial charge in [0.2, 0.25) is 5.91 Å². The molecule has 0 saturated carbocycles. The molecule has 4 heteroatoms. The summed E-state index contributed by atoms with van der Waals surface area (Å²) in [5.41, 5.74) is 5.13. The second-order valence-electron chi connectivity index (χ2n) is 5.06. The molecule has 0 rings (SSSR count). The number of hydrogen-bond acceptors (Lipinski definition) is 3. The van der Waals surface area contributed by atoms with Gasteiger partial charge < -0.3 is 11.1 Å². The summed E-state index contributed by atoms with van der Waals surface area (Å²) in [6.45, 7) is 10.7. The van der Waals surface area contributed by atoms with E-state index in [-0.39, 0.29) is 11.9 Å². The summed E-state index contributed by atoms with van der Waals surface area (Å²) < 4.78 is 0.295. The third-order valence-corrected chi connectivity index (χ3v) is 3.38. The van der Waals surface area contributed by atoms with Gasteiger partial charge in [-0.25, -0.2) is 0 Å². The molecule has 0 heterocycles. The van der Waals surface area contributed by atoms with Gasteiger partial charge >= 0.3 is 0 Å². The van der Waals surface area contributed by atoms with Crippen molar-refractivity contribution in [2.24, 2.45) is 5.73 Å². The van der Waals surface area contributed by atoms with Gasteiger partial charge in [-0.3, -0.25) is 4.79 Å². The minimum Gasteiger partial charge on any atom is -0.370 e. The zero-order valence-corrected chi connectivity index (χ0v) is 11.3. The van der Waals surface area contributed by atoms with Crippen LogP contribution in [0.3, 0.4) is 0 Å². The van der Waals surface area contributed by atoms with Gasteiger partial charge in [0.1, 0.15) is 0 Å². The Kier molecular flexibility index (Phi) is 6.29. The van der Waals surface area contributed by atoms with Crippen molar-refractivity contribution >= 4 is 17.7 Å². The first-order valence-corrected chi connectivity index (χ1v) is 6.37. The fourth-order valence-electron chi connectivity index (χ4n) is 1.27. The van der Waals surface area contributed by atoms with Crippen molar-refractivity contribution in [3.05, 3.63) is 0 Å². The lowest BCUT2D eigenvalue weighted by atomic mass is 10.2. The third-order valence-electron chi connectivity index (χ3n) is 1.84. The van der Waals surface area contributed by atoms with Gasteiger partial charge in [0.25, 0.3) is 0 Å².